The van der Waals surface area contributed by atoms with Crippen LogP contribution in [0.5, 0.6) is 0 Å². The van der Waals surface area contributed by atoms with Crippen LogP contribution in [0.3, 0.4) is 0 Å². The maximum atomic E-state index is 6.01. The molecule has 0 spiro atoms. The van der Waals surface area contributed by atoms with Gasteiger partial charge in [0.05, 0.1) is 6.04 Å². The Morgan fingerprint density at radius 1 is 1.38 bits per heavy atom. The van der Waals surface area contributed by atoms with Gasteiger partial charge in [-0.2, -0.15) is 0 Å². The Labute approximate surface area is 135 Å². The Morgan fingerprint density at radius 3 is 2.81 bits per heavy atom. The molecule has 3 rings (SSSR count). The highest BCUT2D eigenvalue weighted by Crippen LogP contribution is 2.33. The van der Waals surface area contributed by atoms with Crippen LogP contribution in [-0.2, 0) is 0 Å². The third-order valence-corrected chi connectivity index (χ3v) is 5.36. The van der Waals surface area contributed by atoms with Crippen LogP contribution in [0.4, 0.5) is 0 Å². The molecule has 1 aliphatic rings. The predicted octanol–water partition coefficient (Wildman–Crippen LogP) is 3.89. The van der Waals surface area contributed by atoms with Crippen molar-refractivity contribution in [2.75, 3.05) is 13.6 Å². The summed E-state index contributed by atoms with van der Waals surface area (Å²) in [5.74, 6) is 0. The number of benzene rings is 1. The Hall–Kier alpha value is -0.940. The first-order valence-corrected chi connectivity index (χ1v) is 8.52. The normalized spacial score (nSPS) is 24.3. The molecule has 0 radical (unpaired) electrons. The van der Waals surface area contributed by atoms with Crippen LogP contribution >= 0.6 is 22.9 Å². The number of hydrogen-bond acceptors (Lipinski definition) is 4. The highest BCUT2D eigenvalue weighted by atomic mass is 35.5. The van der Waals surface area contributed by atoms with Gasteiger partial charge in [-0.25, -0.2) is 4.98 Å². The van der Waals surface area contributed by atoms with Crippen molar-refractivity contribution in [3.05, 3.63) is 51.4 Å². The van der Waals surface area contributed by atoms with Crippen molar-refractivity contribution in [3.8, 4) is 0 Å². The molecule has 3 nitrogen and oxygen atoms in total. The molecule has 0 amide bonds. The van der Waals surface area contributed by atoms with Gasteiger partial charge < -0.3 is 5.32 Å². The molecular weight excluding hydrogens is 302 g/mol. The summed E-state index contributed by atoms with van der Waals surface area (Å²) in [5.41, 5.74) is 1.32. The quantitative estimate of drug-likeness (QED) is 0.926. The van der Waals surface area contributed by atoms with Gasteiger partial charge in [0.1, 0.15) is 5.01 Å². The molecule has 21 heavy (non-hydrogen) atoms. The molecule has 1 aliphatic heterocycles. The van der Waals surface area contributed by atoms with Crippen molar-refractivity contribution in [1.29, 1.82) is 0 Å². The largest absolute Gasteiger partial charge is 0.303 e. The topological polar surface area (TPSA) is 28.2 Å². The number of likely N-dealkylation sites (N-methyl/N-ethyl adjacent to an activating group) is 1. The molecule has 2 aromatic rings. The summed E-state index contributed by atoms with van der Waals surface area (Å²) in [7, 11) is 2.19. The van der Waals surface area contributed by atoms with Gasteiger partial charge in [0.15, 0.2) is 0 Å². The molecule has 3 atom stereocenters. The molecule has 1 N–H and O–H groups in total. The number of rotatable bonds is 4. The molecule has 1 fully saturated rings. The summed E-state index contributed by atoms with van der Waals surface area (Å²) in [6.45, 7) is 3.30. The van der Waals surface area contributed by atoms with Crippen molar-refractivity contribution >= 4 is 22.9 Å². The van der Waals surface area contributed by atoms with E-state index in [2.05, 4.69) is 41.3 Å². The Morgan fingerprint density at radius 2 is 2.14 bits per heavy atom. The lowest BCUT2D eigenvalue weighted by molar-refractivity contribution is 0.278. The van der Waals surface area contributed by atoms with Gasteiger partial charge in [-0.15, -0.1) is 11.3 Å². The Balaban J connectivity index is 1.76. The summed E-state index contributed by atoms with van der Waals surface area (Å²) in [6, 6.07) is 9.35. The summed E-state index contributed by atoms with van der Waals surface area (Å²) in [4.78, 5) is 6.82. The number of nitrogens with one attached hydrogen (secondary N) is 1. The van der Waals surface area contributed by atoms with E-state index in [9.17, 15) is 0 Å². The van der Waals surface area contributed by atoms with Gasteiger partial charge in [-0.1, -0.05) is 23.7 Å². The predicted molar refractivity (Wildman–Crippen MR) is 88.9 cm³/mol. The zero-order chi connectivity index (χ0) is 14.8. The third kappa shape index (κ3) is 3.29. The molecule has 1 aromatic carbocycles. The fourth-order valence-electron chi connectivity index (χ4n) is 3.11. The average Bonchev–Trinajstić information content (AvgIpc) is 3.11. The van der Waals surface area contributed by atoms with Crippen molar-refractivity contribution in [2.24, 2.45) is 0 Å². The van der Waals surface area contributed by atoms with E-state index in [1.165, 1.54) is 5.56 Å². The summed E-state index contributed by atoms with van der Waals surface area (Å²) in [6.07, 6.45) is 3.02. The Bertz CT molecular complexity index is 570. The van der Waals surface area contributed by atoms with Crippen molar-refractivity contribution in [1.82, 2.24) is 15.2 Å². The molecule has 1 saturated heterocycles. The minimum Gasteiger partial charge on any atom is -0.303 e. The van der Waals surface area contributed by atoms with Crippen LogP contribution in [-0.4, -0.2) is 29.5 Å². The van der Waals surface area contributed by atoms with Crippen LogP contribution < -0.4 is 5.32 Å². The Kier molecular flexibility index (Phi) is 4.60. The molecule has 0 bridgehead atoms. The van der Waals surface area contributed by atoms with E-state index in [1.807, 2.05) is 23.7 Å². The van der Waals surface area contributed by atoms with Gasteiger partial charge in [0, 0.05) is 35.2 Å². The van der Waals surface area contributed by atoms with E-state index in [0.29, 0.717) is 12.1 Å². The van der Waals surface area contributed by atoms with Crippen LogP contribution in [0.1, 0.15) is 36.0 Å². The first kappa shape index (κ1) is 15.0. The number of halogens is 1. The number of thiazole rings is 1. The molecule has 1 aromatic heterocycles. The van der Waals surface area contributed by atoms with E-state index in [4.69, 9.17) is 11.6 Å². The first-order valence-electron chi connectivity index (χ1n) is 7.26. The van der Waals surface area contributed by atoms with Gasteiger partial charge >= 0.3 is 0 Å². The lowest BCUT2D eigenvalue weighted by Gasteiger charge is -2.28. The van der Waals surface area contributed by atoms with Crippen molar-refractivity contribution in [2.45, 2.75) is 31.5 Å². The second-order valence-corrected chi connectivity index (χ2v) is 6.99. The molecule has 0 aliphatic carbocycles. The minimum absolute atomic E-state index is 0.288. The molecule has 0 unspecified atom stereocenters. The molecule has 112 valence electrons. The fraction of sp³-hybridized carbons (Fsp3) is 0.438. The zero-order valence-electron chi connectivity index (χ0n) is 12.3. The monoisotopic (exact) mass is 321 g/mol. The highest BCUT2D eigenvalue weighted by molar-refractivity contribution is 7.09. The SMILES string of the molecule is C[C@H](N[C@@H]1CCN(C)[C@H]1c1ccc(Cl)cc1)c1nccs1. The van der Waals surface area contributed by atoms with Gasteiger partial charge in [0.2, 0.25) is 0 Å². The van der Waals surface area contributed by atoms with Crippen LogP contribution in [0.25, 0.3) is 0 Å². The lowest BCUT2D eigenvalue weighted by atomic mass is 9.99. The number of likely N-dealkylation sites (tertiary alicyclic amines) is 1. The van der Waals surface area contributed by atoms with Crippen LogP contribution in [0.15, 0.2) is 35.8 Å². The lowest BCUT2D eigenvalue weighted by Crippen LogP contribution is -2.36. The van der Waals surface area contributed by atoms with Gasteiger partial charge in [-0.05, 0) is 38.1 Å². The number of nitrogens with zero attached hydrogens (tertiary/aromatic N) is 2. The smallest absolute Gasteiger partial charge is 0.109 e. The van der Waals surface area contributed by atoms with E-state index >= 15 is 0 Å². The molecule has 5 heteroatoms. The molecule has 0 saturated carbocycles. The first-order chi connectivity index (χ1) is 10.1. The van der Waals surface area contributed by atoms with Crippen molar-refractivity contribution in [3.63, 3.8) is 0 Å². The standard InChI is InChI=1S/C16H20ClN3S/c1-11(16-18-8-10-21-16)19-14-7-9-20(2)15(14)12-3-5-13(17)6-4-12/h3-6,8,10-11,14-15,19H,7,9H2,1-2H3/t11-,14+,15-/m0/s1. The van der Waals surface area contributed by atoms with Crippen LogP contribution in [0.2, 0.25) is 5.02 Å². The number of aromatic nitrogens is 1. The summed E-state index contributed by atoms with van der Waals surface area (Å²) in [5, 5.41) is 7.72. The molecular formula is C16H20ClN3S. The molecule has 2 heterocycles. The van der Waals surface area contributed by atoms with Gasteiger partial charge in [-0.3, -0.25) is 4.90 Å². The second-order valence-electron chi connectivity index (χ2n) is 5.63. The third-order valence-electron chi connectivity index (χ3n) is 4.15. The maximum absolute atomic E-state index is 6.01. The van der Waals surface area contributed by atoms with E-state index in [1.54, 1.807) is 11.3 Å². The highest BCUT2D eigenvalue weighted by Gasteiger charge is 2.33. The minimum atomic E-state index is 0.288. The van der Waals surface area contributed by atoms with Crippen molar-refractivity contribution < 1.29 is 0 Å². The summed E-state index contributed by atoms with van der Waals surface area (Å²) < 4.78 is 0. The fourth-order valence-corrected chi connectivity index (χ4v) is 3.89. The van der Waals surface area contributed by atoms with Crippen LogP contribution in [0, 0.1) is 0 Å². The maximum Gasteiger partial charge on any atom is 0.109 e. The second kappa shape index (κ2) is 6.44. The summed E-state index contributed by atoms with van der Waals surface area (Å²) >= 11 is 7.72. The number of hydrogen-bond donors (Lipinski definition) is 1. The average molecular weight is 322 g/mol. The van der Waals surface area contributed by atoms with E-state index in [0.717, 1.165) is 23.0 Å². The zero-order valence-corrected chi connectivity index (χ0v) is 13.9. The van der Waals surface area contributed by atoms with Gasteiger partial charge in [0.25, 0.3) is 0 Å². The van der Waals surface area contributed by atoms with E-state index < -0.39 is 0 Å². The van der Waals surface area contributed by atoms with E-state index in [-0.39, 0.29) is 6.04 Å².